The Morgan fingerprint density at radius 3 is 2.71 bits per heavy atom. The summed E-state index contributed by atoms with van der Waals surface area (Å²) in [7, 11) is 1.58. The van der Waals surface area contributed by atoms with E-state index in [1.54, 1.807) is 25.4 Å². The Bertz CT molecular complexity index is 411. The van der Waals surface area contributed by atoms with Crippen molar-refractivity contribution in [1.82, 2.24) is 4.98 Å². The number of aliphatic carboxylic acids is 1. The third-order valence-electron chi connectivity index (χ3n) is 3.57. The van der Waals surface area contributed by atoms with Crippen LogP contribution in [0.4, 0.5) is 0 Å². The Labute approximate surface area is 101 Å². The smallest absolute Gasteiger partial charge is 0.315 e. The number of methoxy groups -OCH3 is 1. The van der Waals surface area contributed by atoms with Crippen LogP contribution in [0.1, 0.15) is 37.8 Å². The number of rotatable bonds is 3. The van der Waals surface area contributed by atoms with Crippen LogP contribution in [0.25, 0.3) is 0 Å². The van der Waals surface area contributed by atoms with Crippen LogP contribution < -0.4 is 4.74 Å². The Hall–Kier alpha value is -1.58. The molecule has 1 N–H and O–H groups in total. The average Bonchev–Trinajstić information content (AvgIpc) is 2.39. The van der Waals surface area contributed by atoms with E-state index < -0.39 is 11.4 Å². The van der Waals surface area contributed by atoms with E-state index in [0.29, 0.717) is 24.3 Å². The zero-order valence-corrected chi connectivity index (χ0v) is 9.98. The lowest BCUT2D eigenvalue weighted by molar-refractivity contribution is -0.145. The second kappa shape index (κ2) is 4.73. The fourth-order valence-corrected chi connectivity index (χ4v) is 2.53. The van der Waals surface area contributed by atoms with Crippen molar-refractivity contribution in [1.29, 1.82) is 0 Å². The molecule has 4 nitrogen and oxygen atoms in total. The van der Waals surface area contributed by atoms with Gasteiger partial charge in [-0.1, -0.05) is 19.3 Å². The summed E-state index contributed by atoms with van der Waals surface area (Å²) in [5.41, 5.74) is -0.184. The van der Waals surface area contributed by atoms with Gasteiger partial charge in [0.25, 0.3) is 0 Å². The number of nitrogens with zero attached hydrogens (tertiary/aromatic N) is 1. The summed E-state index contributed by atoms with van der Waals surface area (Å²) in [6, 6.07) is 3.49. The van der Waals surface area contributed by atoms with Crippen LogP contribution in [-0.4, -0.2) is 23.2 Å². The SMILES string of the molecule is COc1ccnc(C2(C(=O)O)CCCCC2)c1. The molecular weight excluding hydrogens is 218 g/mol. The zero-order valence-electron chi connectivity index (χ0n) is 9.98. The second-order valence-electron chi connectivity index (χ2n) is 4.53. The van der Waals surface area contributed by atoms with Gasteiger partial charge >= 0.3 is 5.97 Å². The first-order valence-corrected chi connectivity index (χ1v) is 5.93. The van der Waals surface area contributed by atoms with Crippen LogP contribution in [0.5, 0.6) is 5.75 Å². The molecule has 0 radical (unpaired) electrons. The lowest BCUT2D eigenvalue weighted by Gasteiger charge is -2.32. The van der Waals surface area contributed by atoms with Gasteiger partial charge < -0.3 is 9.84 Å². The van der Waals surface area contributed by atoms with E-state index in [0.717, 1.165) is 19.3 Å². The lowest BCUT2D eigenvalue weighted by Crippen LogP contribution is -2.38. The maximum absolute atomic E-state index is 11.6. The van der Waals surface area contributed by atoms with Crippen molar-refractivity contribution < 1.29 is 14.6 Å². The Morgan fingerprint density at radius 2 is 2.12 bits per heavy atom. The Morgan fingerprint density at radius 1 is 1.41 bits per heavy atom. The number of carbonyl (C=O) groups is 1. The quantitative estimate of drug-likeness (QED) is 0.873. The van der Waals surface area contributed by atoms with E-state index in [1.165, 1.54) is 0 Å². The van der Waals surface area contributed by atoms with Crippen LogP contribution in [0.2, 0.25) is 0 Å². The molecule has 0 bridgehead atoms. The molecule has 1 aromatic rings. The molecule has 17 heavy (non-hydrogen) atoms. The Balaban J connectivity index is 2.41. The van der Waals surface area contributed by atoms with Gasteiger partial charge in [-0.25, -0.2) is 0 Å². The van der Waals surface area contributed by atoms with E-state index >= 15 is 0 Å². The zero-order chi connectivity index (χ0) is 12.3. The highest BCUT2D eigenvalue weighted by Crippen LogP contribution is 2.39. The van der Waals surface area contributed by atoms with Crippen molar-refractivity contribution in [2.45, 2.75) is 37.5 Å². The second-order valence-corrected chi connectivity index (χ2v) is 4.53. The van der Waals surface area contributed by atoms with E-state index in [-0.39, 0.29) is 0 Å². The molecule has 0 unspecified atom stereocenters. The van der Waals surface area contributed by atoms with Crippen LogP contribution >= 0.6 is 0 Å². The molecule has 1 aliphatic rings. The summed E-state index contributed by atoms with van der Waals surface area (Å²) in [6.45, 7) is 0. The van der Waals surface area contributed by atoms with Gasteiger partial charge in [0.1, 0.15) is 11.2 Å². The topological polar surface area (TPSA) is 59.4 Å². The summed E-state index contributed by atoms with van der Waals surface area (Å²) in [5, 5.41) is 9.52. The van der Waals surface area contributed by atoms with Crippen LogP contribution in [0.3, 0.4) is 0 Å². The van der Waals surface area contributed by atoms with Crippen LogP contribution in [0, 0.1) is 0 Å². The first-order valence-electron chi connectivity index (χ1n) is 5.93. The number of carboxylic acid groups (broad SMARTS) is 1. The molecule has 4 heteroatoms. The standard InChI is InChI=1S/C13H17NO3/c1-17-10-5-8-14-11(9-10)13(12(15)16)6-3-2-4-7-13/h5,8-9H,2-4,6-7H2,1H3,(H,15,16). The normalized spacial score (nSPS) is 18.6. The maximum Gasteiger partial charge on any atom is 0.315 e. The van der Waals surface area contributed by atoms with Crippen molar-refractivity contribution in [3.8, 4) is 5.75 Å². The van der Waals surface area contributed by atoms with Gasteiger partial charge in [0, 0.05) is 12.3 Å². The predicted molar refractivity (Wildman–Crippen MR) is 63.2 cm³/mol. The number of aromatic nitrogens is 1. The molecule has 1 aliphatic carbocycles. The Kier molecular flexibility index (Phi) is 3.31. The maximum atomic E-state index is 11.6. The third-order valence-corrected chi connectivity index (χ3v) is 3.57. The molecule has 92 valence electrons. The molecule has 0 amide bonds. The molecular formula is C13H17NO3. The minimum atomic E-state index is -0.813. The number of carboxylic acids is 1. The van der Waals surface area contributed by atoms with Gasteiger partial charge in [-0.05, 0) is 18.9 Å². The summed E-state index contributed by atoms with van der Waals surface area (Å²) in [5.74, 6) is -0.0980. The highest BCUT2D eigenvalue weighted by Gasteiger charge is 2.42. The predicted octanol–water partition coefficient (Wildman–Crippen LogP) is 2.38. The highest BCUT2D eigenvalue weighted by atomic mass is 16.5. The number of pyridine rings is 1. The fraction of sp³-hybridized carbons (Fsp3) is 0.538. The van der Waals surface area contributed by atoms with E-state index in [9.17, 15) is 9.90 Å². The molecule has 1 aromatic heterocycles. The number of ether oxygens (including phenoxy) is 1. The molecule has 0 aromatic carbocycles. The summed E-state index contributed by atoms with van der Waals surface area (Å²) in [6.07, 6.45) is 5.97. The van der Waals surface area contributed by atoms with Gasteiger partial charge in [-0.2, -0.15) is 0 Å². The monoisotopic (exact) mass is 235 g/mol. The van der Waals surface area contributed by atoms with Crippen LogP contribution in [0.15, 0.2) is 18.3 Å². The van der Waals surface area contributed by atoms with Crippen LogP contribution in [-0.2, 0) is 10.2 Å². The summed E-state index contributed by atoms with van der Waals surface area (Å²) in [4.78, 5) is 15.8. The van der Waals surface area contributed by atoms with Crippen molar-refractivity contribution >= 4 is 5.97 Å². The highest BCUT2D eigenvalue weighted by molar-refractivity contribution is 5.81. The fourth-order valence-electron chi connectivity index (χ4n) is 2.53. The van der Waals surface area contributed by atoms with Crippen molar-refractivity contribution in [2.75, 3.05) is 7.11 Å². The van der Waals surface area contributed by atoms with Gasteiger partial charge in [-0.3, -0.25) is 9.78 Å². The lowest BCUT2D eigenvalue weighted by atomic mass is 9.71. The van der Waals surface area contributed by atoms with E-state index in [4.69, 9.17) is 4.74 Å². The molecule has 1 fully saturated rings. The van der Waals surface area contributed by atoms with E-state index in [2.05, 4.69) is 4.98 Å². The largest absolute Gasteiger partial charge is 0.497 e. The van der Waals surface area contributed by atoms with Gasteiger partial charge in [0.05, 0.1) is 12.8 Å². The molecule has 0 atom stereocenters. The van der Waals surface area contributed by atoms with Crippen molar-refractivity contribution in [3.05, 3.63) is 24.0 Å². The first-order chi connectivity index (χ1) is 8.19. The van der Waals surface area contributed by atoms with Gasteiger partial charge in [0.15, 0.2) is 0 Å². The van der Waals surface area contributed by atoms with Gasteiger partial charge in [-0.15, -0.1) is 0 Å². The van der Waals surface area contributed by atoms with Crippen molar-refractivity contribution in [3.63, 3.8) is 0 Å². The summed E-state index contributed by atoms with van der Waals surface area (Å²) >= 11 is 0. The molecule has 2 rings (SSSR count). The first kappa shape index (κ1) is 11.9. The minimum Gasteiger partial charge on any atom is -0.497 e. The third kappa shape index (κ3) is 2.12. The van der Waals surface area contributed by atoms with E-state index in [1.807, 2.05) is 0 Å². The van der Waals surface area contributed by atoms with Crippen molar-refractivity contribution in [2.24, 2.45) is 0 Å². The number of hydrogen-bond acceptors (Lipinski definition) is 3. The molecule has 1 saturated carbocycles. The molecule has 0 saturated heterocycles. The summed E-state index contributed by atoms with van der Waals surface area (Å²) < 4.78 is 5.14. The van der Waals surface area contributed by atoms with Gasteiger partial charge in [0.2, 0.25) is 0 Å². The average molecular weight is 235 g/mol. The minimum absolute atomic E-state index is 0.629. The number of hydrogen-bond donors (Lipinski definition) is 1. The molecule has 0 spiro atoms. The molecule has 0 aliphatic heterocycles. The molecule has 1 heterocycles.